The van der Waals surface area contributed by atoms with Gasteiger partial charge in [0.15, 0.2) is 0 Å². The van der Waals surface area contributed by atoms with E-state index in [0.717, 1.165) is 11.3 Å². The van der Waals surface area contributed by atoms with Crippen LogP contribution in [0.4, 0.5) is 5.69 Å². The number of nitrogens with zero attached hydrogens (tertiary/aromatic N) is 1. The molecule has 20 heavy (non-hydrogen) atoms. The molecule has 4 nitrogen and oxygen atoms in total. The van der Waals surface area contributed by atoms with E-state index in [9.17, 15) is 14.7 Å². The molecule has 1 amide bonds. The van der Waals surface area contributed by atoms with Crippen LogP contribution < -0.4 is 4.90 Å². The van der Waals surface area contributed by atoms with Crippen LogP contribution in [-0.2, 0) is 9.59 Å². The number of allylic oxidation sites excluding steroid dienone is 2. The summed E-state index contributed by atoms with van der Waals surface area (Å²) >= 11 is 0. The molecular weight excluding hydrogens is 254 g/mol. The van der Waals surface area contributed by atoms with Gasteiger partial charge in [0.1, 0.15) is 0 Å². The van der Waals surface area contributed by atoms with Gasteiger partial charge in [-0.25, -0.2) is 0 Å². The van der Waals surface area contributed by atoms with Crippen molar-refractivity contribution < 1.29 is 14.7 Å². The van der Waals surface area contributed by atoms with Gasteiger partial charge in [0.25, 0.3) is 0 Å². The molecule has 4 heteroatoms. The Labute approximate surface area is 118 Å². The van der Waals surface area contributed by atoms with Gasteiger partial charge >= 0.3 is 5.97 Å². The Morgan fingerprint density at radius 3 is 2.35 bits per heavy atom. The molecule has 2 unspecified atom stereocenters. The van der Waals surface area contributed by atoms with Crippen molar-refractivity contribution in [1.82, 2.24) is 0 Å². The van der Waals surface area contributed by atoms with Crippen LogP contribution in [0.5, 0.6) is 0 Å². The van der Waals surface area contributed by atoms with Gasteiger partial charge in [-0.15, -0.1) is 0 Å². The minimum absolute atomic E-state index is 0.129. The van der Waals surface area contributed by atoms with Crippen LogP contribution in [0.3, 0.4) is 0 Å². The molecule has 2 rings (SSSR count). The lowest BCUT2D eigenvalue weighted by atomic mass is 9.82. The van der Waals surface area contributed by atoms with Crippen molar-refractivity contribution in [2.45, 2.75) is 19.8 Å². The maximum Gasteiger partial charge on any atom is 0.307 e. The minimum Gasteiger partial charge on any atom is -0.481 e. The van der Waals surface area contributed by atoms with E-state index < -0.39 is 17.8 Å². The summed E-state index contributed by atoms with van der Waals surface area (Å²) in [4.78, 5) is 25.5. The summed E-state index contributed by atoms with van der Waals surface area (Å²) < 4.78 is 0. The second kappa shape index (κ2) is 5.90. The maximum absolute atomic E-state index is 12.6. The smallest absolute Gasteiger partial charge is 0.307 e. The van der Waals surface area contributed by atoms with E-state index in [1.165, 1.54) is 0 Å². The first-order valence-corrected chi connectivity index (χ1v) is 6.73. The van der Waals surface area contributed by atoms with Gasteiger partial charge in [0.05, 0.1) is 11.8 Å². The fraction of sp³-hybridized carbons (Fsp3) is 0.375. The average Bonchev–Trinajstić information content (AvgIpc) is 2.46. The van der Waals surface area contributed by atoms with E-state index in [-0.39, 0.29) is 5.91 Å². The molecular formula is C16H19NO3. The Hall–Kier alpha value is -2.10. The summed E-state index contributed by atoms with van der Waals surface area (Å²) in [5.41, 5.74) is 1.83. The Kier molecular flexibility index (Phi) is 4.23. The number of carboxylic acids is 1. The molecule has 1 aliphatic carbocycles. The van der Waals surface area contributed by atoms with Crippen molar-refractivity contribution in [1.29, 1.82) is 0 Å². The zero-order chi connectivity index (χ0) is 14.7. The van der Waals surface area contributed by atoms with Crippen molar-refractivity contribution >= 4 is 17.6 Å². The summed E-state index contributed by atoms with van der Waals surface area (Å²) in [7, 11) is 1.71. The topological polar surface area (TPSA) is 57.6 Å². The van der Waals surface area contributed by atoms with Crippen LogP contribution in [-0.4, -0.2) is 24.0 Å². The Balaban J connectivity index is 2.24. The van der Waals surface area contributed by atoms with Crippen LogP contribution in [0.25, 0.3) is 0 Å². The van der Waals surface area contributed by atoms with Gasteiger partial charge in [-0.05, 0) is 31.4 Å². The van der Waals surface area contributed by atoms with Crippen molar-refractivity contribution in [3.8, 4) is 0 Å². The van der Waals surface area contributed by atoms with E-state index in [2.05, 4.69) is 0 Å². The second-order valence-corrected chi connectivity index (χ2v) is 5.18. The first kappa shape index (κ1) is 14.3. The zero-order valence-corrected chi connectivity index (χ0v) is 11.7. The highest BCUT2D eigenvalue weighted by molar-refractivity contribution is 5.97. The standard InChI is InChI=1S/C16H19NO3/c1-11-7-3-6-10-14(11)17(2)15(18)12-8-4-5-9-13(12)16(19)20/h3-7,10,12-13H,8-9H2,1-2H3,(H,19,20). The molecule has 1 aromatic carbocycles. The highest BCUT2D eigenvalue weighted by atomic mass is 16.4. The van der Waals surface area contributed by atoms with E-state index in [1.807, 2.05) is 43.3 Å². The van der Waals surface area contributed by atoms with Crippen molar-refractivity contribution in [2.24, 2.45) is 11.8 Å². The molecule has 0 spiro atoms. The molecule has 0 saturated heterocycles. The third-order valence-electron chi connectivity index (χ3n) is 3.87. The number of aliphatic carboxylic acids is 1. The Morgan fingerprint density at radius 1 is 1.15 bits per heavy atom. The summed E-state index contributed by atoms with van der Waals surface area (Å²) in [6, 6.07) is 7.61. The lowest BCUT2D eigenvalue weighted by Crippen LogP contribution is -2.40. The SMILES string of the molecule is Cc1ccccc1N(C)C(=O)C1CC=CCC1C(=O)O. The van der Waals surface area contributed by atoms with E-state index in [1.54, 1.807) is 11.9 Å². The first-order chi connectivity index (χ1) is 9.52. The van der Waals surface area contributed by atoms with Gasteiger partial charge in [-0.2, -0.15) is 0 Å². The largest absolute Gasteiger partial charge is 0.481 e. The number of carboxylic acid groups (broad SMARTS) is 1. The van der Waals surface area contributed by atoms with Gasteiger partial charge < -0.3 is 10.0 Å². The van der Waals surface area contributed by atoms with Crippen LogP contribution in [0.2, 0.25) is 0 Å². The van der Waals surface area contributed by atoms with Crippen molar-refractivity contribution in [2.75, 3.05) is 11.9 Å². The summed E-state index contributed by atoms with van der Waals surface area (Å²) in [5, 5.41) is 9.26. The predicted octanol–water partition coefficient (Wildman–Crippen LogP) is 2.62. The minimum atomic E-state index is -0.897. The zero-order valence-electron chi connectivity index (χ0n) is 11.7. The number of aryl methyl sites for hydroxylation is 1. The molecule has 106 valence electrons. The highest BCUT2D eigenvalue weighted by Gasteiger charge is 2.35. The highest BCUT2D eigenvalue weighted by Crippen LogP contribution is 2.29. The van der Waals surface area contributed by atoms with Crippen molar-refractivity contribution in [3.63, 3.8) is 0 Å². The average molecular weight is 273 g/mol. The molecule has 0 saturated carbocycles. The first-order valence-electron chi connectivity index (χ1n) is 6.73. The molecule has 1 aromatic rings. The number of anilines is 1. The van der Waals surface area contributed by atoms with Gasteiger partial charge in [-0.3, -0.25) is 9.59 Å². The number of rotatable bonds is 3. The molecule has 0 aromatic heterocycles. The summed E-state index contributed by atoms with van der Waals surface area (Å²) in [6.07, 6.45) is 4.66. The maximum atomic E-state index is 12.6. The van der Waals surface area contributed by atoms with Crippen LogP contribution in [0.15, 0.2) is 36.4 Å². The van der Waals surface area contributed by atoms with Crippen LogP contribution in [0, 0.1) is 18.8 Å². The molecule has 0 heterocycles. The number of hydrogen-bond donors (Lipinski definition) is 1. The molecule has 0 fully saturated rings. The Bertz CT molecular complexity index is 550. The van der Waals surface area contributed by atoms with Crippen LogP contribution >= 0.6 is 0 Å². The monoisotopic (exact) mass is 273 g/mol. The quantitative estimate of drug-likeness (QED) is 0.861. The van der Waals surface area contributed by atoms with E-state index in [4.69, 9.17) is 0 Å². The third-order valence-corrected chi connectivity index (χ3v) is 3.87. The molecule has 0 radical (unpaired) electrons. The van der Waals surface area contributed by atoms with E-state index >= 15 is 0 Å². The lowest BCUT2D eigenvalue weighted by molar-refractivity contribution is -0.146. The normalized spacial score (nSPS) is 21.5. The number of carbonyl (C=O) groups excluding carboxylic acids is 1. The number of carbonyl (C=O) groups is 2. The Morgan fingerprint density at radius 2 is 1.75 bits per heavy atom. The number of benzene rings is 1. The summed E-state index contributed by atoms with van der Waals surface area (Å²) in [5.74, 6) is -2.14. The van der Waals surface area contributed by atoms with Gasteiger partial charge in [0, 0.05) is 12.7 Å². The third kappa shape index (κ3) is 2.74. The number of amides is 1. The van der Waals surface area contributed by atoms with Crippen LogP contribution in [0.1, 0.15) is 18.4 Å². The van der Waals surface area contributed by atoms with Gasteiger partial charge in [0.2, 0.25) is 5.91 Å². The fourth-order valence-corrected chi connectivity index (χ4v) is 2.67. The fourth-order valence-electron chi connectivity index (χ4n) is 2.67. The van der Waals surface area contributed by atoms with Crippen molar-refractivity contribution in [3.05, 3.63) is 42.0 Å². The lowest BCUT2D eigenvalue weighted by Gasteiger charge is -2.29. The molecule has 2 atom stereocenters. The molecule has 0 aliphatic heterocycles. The number of hydrogen-bond acceptors (Lipinski definition) is 2. The summed E-state index contributed by atoms with van der Waals surface area (Å²) in [6.45, 7) is 1.94. The molecule has 1 N–H and O–H groups in total. The predicted molar refractivity (Wildman–Crippen MR) is 77.6 cm³/mol. The number of para-hydroxylation sites is 1. The molecule has 0 bridgehead atoms. The van der Waals surface area contributed by atoms with Gasteiger partial charge in [-0.1, -0.05) is 30.4 Å². The second-order valence-electron chi connectivity index (χ2n) is 5.18. The van der Waals surface area contributed by atoms with E-state index in [0.29, 0.717) is 12.8 Å². The molecule has 1 aliphatic rings.